The van der Waals surface area contributed by atoms with Crippen molar-refractivity contribution < 1.29 is 64.5 Å². The van der Waals surface area contributed by atoms with Crippen molar-refractivity contribution in [3.8, 4) is 0 Å². The molecule has 0 bridgehead atoms. The third-order valence-corrected chi connectivity index (χ3v) is 14.6. The number of aliphatic hydroxyl groups is 7. The van der Waals surface area contributed by atoms with Gasteiger partial charge in [-0.3, -0.25) is 28.8 Å². The second kappa shape index (κ2) is 25.6. The molecule has 0 radical (unpaired) electrons. The van der Waals surface area contributed by atoms with Gasteiger partial charge in [-0.05, 0) is 143 Å². The van der Waals surface area contributed by atoms with Crippen molar-refractivity contribution in [2.24, 2.45) is 0 Å². The van der Waals surface area contributed by atoms with E-state index in [1.54, 1.807) is 67.8 Å². The minimum atomic E-state index is -1.70. The number of hydrogen-bond acceptors (Lipinski definition) is 14. The number of nitrogens with one attached hydrogen (secondary N) is 3. The lowest BCUT2D eigenvalue weighted by Crippen LogP contribution is -2.50. The maximum absolute atomic E-state index is 14.6. The summed E-state index contributed by atoms with van der Waals surface area (Å²) in [6.45, 7) is -4.51. The first kappa shape index (κ1) is 53.7. The molecule has 0 aromatic heterocycles. The summed E-state index contributed by atoms with van der Waals surface area (Å²) < 4.78 is 0.812. The molecule has 10 N–H and O–H groups in total. The Kier molecular flexibility index (Phi) is 23.7. The highest BCUT2D eigenvalue weighted by Gasteiger charge is 2.39. The number of hydrogen-bond donors (Lipinski definition) is 10. The molecular weight excluding hydrogens is 1450 g/mol. The van der Waals surface area contributed by atoms with E-state index in [4.69, 9.17) is 0 Å². The number of nitrogens with zero attached hydrogens (tertiary/aromatic N) is 3. The zero-order valence-electron chi connectivity index (χ0n) is 30.6. The smallest absolute Gasteiger partial charge is 0.256 e. The Balaban J connectivity index is 2.97. The number of ketones is 1. The normalized spacial score (nSPS) is 12.1. The van der Waals surface area contributed by atoms with E-state index >= 15 is 0 Å². The predicted octanol–water partition coefficient (Wildman–Crippen LogP) is -0.385. The van der Waals surface area contributed by atoms with Gasteiger partial charge in [-0.2, -0.15) is 0 Å². The average molecular weight is 1490 g/mol. The zero-order chi connectivity index (χ0) is 44.2. The largest absolute Gasteiger partial charge is 0.395 e. The molecule has 322 valence electrons. The highest BCUT2D eigenvalue weighted by atomic mass is 127. The molecule has 0 saturated carbocycles. The van der Waals surface area contributed by atoms with E-state index in [1.165, 1.54) is 14.1 Å². The number of anilines is 2. The number of aliphatic hydroxyl groups excluding tert-OH is 7. The van der Waals surface area contributed by atoms with Crippen LogP contribution in [0.25, 0.3) is 0 Å². The number of amides is 5. The van der Waals surface area contributed by atoms with Crippen molar-refractivity contribution in [3.63, 3.8) is 0 Å². The van der Waals surface area contributed by atoms with Gasteiger partial charge in [-0.25, -0.2) is 0 Å². The van der Waals surface area contributed by atoms with E-state index in [-0.39, 0.29) is 87.8 Å². The zero-order valence-corrected chi connectivity index (χ0v) is 43.6. The Morgan fingerprint density at radius 2 is 1.07 bits per heavy atom. The molecule has 5 amide bonds. The van der Waals surface area contributed by atoms with Gasteiger partial charge < -0.3 is 66.4 Å². The molecule has 58 heavy (non-hydrogen) atoms. The highest BCUT2D eigenvalue weighted by Crippen LogP contribution is 2.40. The Bertz CT molecular complexity index is 1820. The molecule has 2 unspecified atom stereocenters. The van der Waals surface area contributed by atoms with E-state index in [2.05, 4.69) is 16.0 Å². The van der Waals surface area contributed by atoms with E-state index in [0.717, 1.165) is 14.7 Å². The van der Waals surface area contributed by atoms with Gasteiger partial charge in [-0.1, -0.05) is 0 Å². The lowest BCUT2D eigenvalue weighted by Gasteiger charge is -2.30. The molecule has 2 rings (SSSR count). The third-order valence-electron chi connectivity index (χ3n) is 8.15. The van der Waals surface area contributed by atoms with E-state index < -0.39 is 87.1 Å². The lowest BCUT2D eigenvalue weighted by atomic mass is 9.98. The first-order valence-corrected chi connectivity index (χ1v) is 23.2. The molecule has 2 aromatic carbocycles. The first-order chi connectivity index (χ1) is 27.4. The second-order valence-electron chi connectivity index (χ2n) is 11.8. The van der Waals surface area contributed by atoms with Crippen molar-refractivity contribution in [2.75, 3.05) is 96.7 Å². The molecule has 0 saturated heterocycles. The van der Waals surface area contributed by atoms with Gasteiger partial charge in [0.25, 0.3) is 23.6 Å². The summed E-state index contributed by atoms with van der Waals surface area (Å²) in [5, 5.41) is 75.1. The number of likely N-dealkylation sites (N-methyl/N-ethyl adjacent to an activating group) is 2. The Morgan fingerprint density at radius 1 is 0.638 bits per heavy atom. The molecular formula is C33H40I6N6O13. The molecule has 0 aliphatic carbocycles. The van der Waals surface area contributed by atoms with Gasteiger partial charge in [0.05, 0.1) is 77.9 Å². The average Bonchev–Trinajstić information content (AvgIpc) is 3.18. The summed E-state index contributed by atoms with van der Waals surface area (Å²) >= 11 is 10.8. The van der Waals surface area contributed by atoms with Crippen LogP contribution in [0, 0.1) is 21.4 Å². The van der Waals surface area contributed by atoms with Crippen LogP contribution < -0.4 is 20.9 Å². The van der Waals surface area contributed by atoms with Crippen LogP contribution in [0.3, 0.4) is 0 Å². The van der Waals surface area contributed by atoms with Crippen LogP contribution in [-0.2, 0) is 9.59 Å². The first-order valence-electron chi connectivity index (χ1n) is 16.8. The second-order valence-corrected chi connectivity index (χ2v) is 18.3. The molecule has 19 nitrogen and oxygen atoms in total. The molecule has 25 heteroatoms. The minimum absolute atomic E-state index is 0.0220. The van der Waals surface area contributed by atoms with Crippen LogP contribution in [0.2, 0.25) is 0 Å². The monoisotopic (exact) mass is 1490 g/mol. The molecule has 2 aromatic rings. The number of halogens is 6. The van der Waals surface area contributed by atoms with E-state index in [0.29, 0.717) is 0 Å². The summed E-state index contributed by atoms with van der Waals surface area (Å²) in [5.41, 5.74) is -0.402. The van der Waals surface area contributed by atoms with Crippen molar-refractivity contribution >= 4 is 182 Å². The third kappa shape index (κ3) is 12.6. The number of Topliss-reactive ketones (excluding diaryl/α,β-unsaturated/α-hetero) is 1. The van der Waals surface area contributed by atoms with E-state index in [1.807, 2.05) is 67.8 Å². The van der Waals surface area contributed by atoms with Gasteiger partial charge in [0.1, 0.15) is 6.61 Å². The number of rotatable bonds is 21. The quantitative estimate of drug-likeness (QED) is 0.0434. The maximum atomic E-state index is 14.6. The lowest BCUT2D eigenvalue weighted by molar-refractivity contribution is -0.119. The molecule has 0 aliphatic rings. The van der Waals surface area contributed by atoms with Gasteiger partial charge in [0, 0.05) is 56.0 Å². The molecule has 2 atom stereocenters. The van der Waals surface area contributed by atoms with Crippen molar-refractivity contribution in [2.45, 2.75) is 12.1 Å². The SMILES string of the molecule is CNC(C(=O)c1c(I)c(NC(=O)CO)c(I)c(C(=O)NCC(O)CO)c1I)C(=O)N(C)c1c(I)c(C(=O)N(CCO)CCO)c(I)c(C(=O)N(CCO)CCO)c1I. The summed E-state index contributed by atoms with van der Waals surface area (Å²) in [4.78, 5) is 86.8. The Morgan fingerprint density at radius 3 is 1.47 bits per heavy atom. The fourth-order valence-corrected chi connectivity index (χ4v) is 14.6. The molecule has 0 aliphatic heterocycles. The van der Waals surface area contributed by atoms with Gasteiger partial charge >= 0.3 is 0 Å². The van der Waals surface area contributed by atoms with Crippen LogP contribution >= 0.6 is 136 Å². The van der Waals surface area contributed by atoms with Crippen LogP contribution in [0.4, 0.5) is 11.4 Å². The summed E-state index contributed by atoms with van der Waals surface area (Å²) in [7, 11) is 2.64. The molecule has 0 fully saturated rings. The summed E-state index contributed by atoms with van der Waals surface area (Å²) in [5.74, 6) is -4.81. The van der Waals surface area contributed by atoms with Crippen LogP contribution in [-0.4, -0.2) is 179 Å². The standard InChI is InChI=1S/C33H40I6N6O13/c1-40-27(29(54)16-20(34)17(30(55)41-11-14(52)12-50)23(37)26(22(16)36)42-15(53)13-51)33(58)43(2)28-24(38)18(31(56)44(3-7-46)4-8-47)21(35)19(25(28)39)32(57)45(5-9-48)6-10-49/h14,27,40,46-52H,3-13H2,1-2H3,(H,41,55)(H,42,53). The van der Waals surface area contributed by atoms with Gasteiger partial charge in [-0.15, -0.1) is 0 Å². The van der Waals surface area contributed by atoms with Crippen molar-refractivity contribution in [3.05, 3.63) is 43.7 Å². The van der Waals surface area contributed by atoms with E-state index in [9.17, 15) is 64.5 Å². The van der Waals surface area contributed by atoms with Gasteiger partial charge in [0.15, 0.2) is 11.8 Å². The predicted molar refractivity (Wildman–Crippen MR) is 261 cm³/mol. The Labute approximate surface area is 414 Å². The maximum Gasteiger partial charge on any atom is 0.256 e. The topological polar surface area (TPSA) is 290 Å². The number of benzene rings is 2. The molecule has 0 heterocycles. The number of carbonyl (C=O) groups is 6. The molecule has 0 spiro atoms. The fraction of sp³-hybridized carbons (Fsp3) is 0.455. The number of carbonyl (C=O) groups excluding carboxylic acids is 6. The fourth-order valence-electron chi connectivity index (χ4n) is 5.30. The highest BCUT2D eigenvalue weighted by molar-refractivity contribution is 14.1. The van der Waals surface area contributed by atoms with Gasteiger partial charge in [0.2, 0.25) is 5.91 Å². The van der Waals surface area contributed by atoms with Crippen molar-refractivity contribution in [1.82, 2.24) is 20.4 Å². The minimum Gasteiger partial charge on any atom is -0.395 e. The van der Waals surface area contributed by atoms with Crippen LogP contribution in [0.5, 0.6) is 0 Å². The summed E-state index contributed by atoms with van der Waals surface area (Å²) in [6.07, 6.45) is -1.31. The van der Waals surface area contributed by atoms with Crippen LogP contribution in [0.15, 0.2) is 0 Å². The summed E-state index contributed by atoms with van der Waals surface area (Å²) in [6, 6.07) is -1.70. The van der Waals surface area contributed by atoms with Crippen LogP contribution in [0.1, 0.15) is 41.4 Å². The van der Waals surface area contributed by atoms with Crippen molar-refractivity contribution in [1.29, 1.82) is 0 Å². The Hall–Kier alpha value is -0.480.